The van der Waals surface area contributed by atoms with Gasteiger partial charge in [-0.15, -0.1) is 0 Å². The Kier molecular flexibility index (Phi) is 10.5. The Hall–Kier alpha value is -3.13. The summed E-state index contributed by atoms with van der Waals surface area (Å²) in [6.07, 6.45) is 2.33. The number of hydrogen-bond acceptors (Lipinski definition) is 8. The molecule has 13 nitrogen and oxygen atoms in total. The second kappa shape index (κ2) is 12.5. The quantitative estimate of drug-likeness (QED) is 0.148. The van der Waals surface area contributed by atoms with Crippen LogP contribution in [0.25, 0.3) is 0 Å². The van der Waals surface area contributed by atoms with Gasteiger partial charge >= 0.3 is 11.9 Å². The summed E-state index contributed by atoms with van der Waals surface area (Å²) < 4.78 is 0. The molecule has 1 aromatic heterocycles. The number of carboxylic acids is 2. The van der Waals surface area contributed by atoms with Crippen LogP contribution in [0.5, 0.6) is 0 Å². The summed E-state index contributed by atoms with van der Waals surface area (Å²) in [5.74, 6) is -4.74. The normalized spacial score (nSPS) is 14.5. The van der Waals surface area contributed by atoms with Gasteiger partial charge in [-0.2, -0.15) is 12.6 Å². The molecule has 0 aliphatic carbocycles. The van der Waals surface area contributed by atoms with Crippen LogP contribution in [0.4, 0.5) is 0 Å². The van der Waals surface area contributed by atoms with Crippen LogP contribution in [0.3, 0.4) is 0 Å². The molecule has 31 heavy (non-hydrogen) atoms. The molecular formula is C17H26N6O7S. The van der Waals surface area contributed by atoms with Crippen LogP contribution in [0.2, 0.25) is 0 Å². The van der Waals surface area contributed by atoms with Gasteiger partial charge in [-0.05, 0) is 13.3 Å². The fraction of sp³-hybridized carbons (Fsp3) is 0.529. The third kappa shape index (κ3) is 9.04. The van der Waals surface area contributed by atoms with Crippen molar-refractivity contribution in [2.75, 3.05) is 5.75 Å². The molecule has 0 saturated carbocycles. The Morgan fingerprint density at radius 3 is 2.26 bits per heavy atom. The first kappa shape index (κ1) is 25.9. The van der Waals surface area contributed by atoms with Crippen molar-refractivity contribution in [3.05, 3.63) is 18.2 Å². The predicted molar refractivity (Wildman–Crippen MR) is 110 cm³/mol. The minimum absolute atomic E-state index is 0.0466. The summed E-state index contributed by atoms with van der Waals surface area (Å²) in [5, 5.41) is 25.0. The average Bonchev–Trinajstić information content (AvgIpc) is 3.22. The number of nitrogens with one attached hydrogen (secondary N) is 4. The summed E-state index contributed by atoms with van der Waals surface area (Å²) in [7, 11) is 0. The van der Waals surface area contributed by atoms with Gasteiger partial charge in [0.1, 0.15) is 18.1 Å². The summed E-state index contributed by atoms with van der Waals surface area (Å²) in [6.45, 7) is 1.35. The standard InChI is InChI=1S/C17H26N6O7S/c1-8(21-15(27)10(18)2-3-13(24)25)14(26)23-12(6-31)16(28)22-11(17(29)30)4-9-5-19-7-20-9/h5,7-8,10-12,31H,2-4,6,18H2,1H3,(H,19,20)(H,21,27)(H,22,28)(H,23,26)(H,24,25)(H,29,30)/t8-,10-,11-,12-/m0/s1. The van der Waals surface area contributed by atoms with E-state index in [0.29, 0.717) is 5.69 Å². The zero-order chi connectivity index (χ0) is 23.6. The van der Waals surface area contributed by atoms with Crippen molar-refractivity contribution < 1.29 is 34.2 Å². The number of carbonyl (C=O) groups excluding carboxylic acids is 3. The molecule has 172 valence electrons. The number of aromatic amines is 1. The fourth-order valence-electron chi connectivity index (χ4n) is 2.38. The van der Waals surface area contributed by atoms with Gasteiger partial charge in [0.15, 0.2) is 0 Å². The zero-order valence-electron chi connectivity index (χ0n) is 16.7. The van der Waals surface area contributed by atoms with Crippen molar-refractivity contribution in [2.24, 2.45) is 5.73 Å². The molecule has 1 heterocycles. The molecule has 0 aliphatic rings. The number of imidazole rings is 1. The molecule has 4 atom stereocenters. The first-order chi connectivity index (χ1) is 14.5. The molecule has 1 aromatic rings. The Morgan fingerprint density at radius 2 is 1.74 bits per heavy atom. The van der Waals surface area contributed by atoms with Gasteiger partial charge in [0, 0.05) is 30.5 Å². The third-order valence-corrected chi connectivity index (χ3v) is 4.53. The van der Waals surface area contributed by atoms with Gasteiger partial charge < -0.3 is 36.9 Å². The molecule has 0 saturated heterocycles. The summed E-state index contributed by atoms with van der Waals surface area (Å²) in [4.78, 5) is 65.2. The average molecular weight is 458 g/mol. The number of thiol groups is 1. The maximum atomic E-state index is 12.4. The number of amides is 3. The first-order valence-electron chi connectivity index (χ1n) is 9.24. The van der Waals surface area contributed by atoms with Crippen LogP contribution in [0, 0.1) is 0 Å². The van der Waals surface area contributed by atoms with E-state index < -0.39 is 53.8 Å². The van der Waals surface area contributed by atoms with E-state index >= 15 is 0 Å². The molecule has 0 fully saturated rings. The SMILES string of the molecule is C[C@H](NC(=O)[C@@H](N)CCC(=O)O)C(=O)N[C@@H](CS)C(=O)N[C@@H](Cc1cnc[nH]1)C(=O)O. The highest BCUT2D eigenvalue weighted by Gasteiger charge is 2.28. The second-order valence-electron chi connectivity index (χ2n) is 6.69. The minimum Gasteiger partial charge on any atom is -0.481 e. The highest BCUT2D eigenvalue weighted by molar-refractivity contribution is 7.80. The number of hydrogen-bond donors (Lipinski definition) is 8. The summed E-state index contributed by atoms with van der Waals surface area (Å²) >= 11 is 4.01. The van der Waals surface area contributed by atoms with Gasteiger partial charge in [0.25, 0.3) is 0 Å². The van der Waals surface area contributed by atoms with E-state index in [-0.39, 0.29) is 25.0 Å². The number of rotatable bonds is 13. The summed E-state index contributed by atoms with van der Waals surface area (Å²) in [6, 6.07) is -4.64. The molecule has 14 heteroatoms. The minimum atomic E-state index is -1.27. The maximum Gasteiger partial charge on any atom is 0.326 e. The highest BCUT2D eigenvalue weighted by atomic mass is 32.1. The van der Waals surface area contributed by atoms with Crippen molar-refractivity contribution in [1.29, 1.82) is 0 Å². The number of H-pyrrole nitrogens is 1. The number of carboxylic acid groups (broad SMARTS) is 2. The molecule has 0 unspecified atom stereocenters. The molecule has 0 aliphatic heterocycles. The smallest absolute Gasteiger partial charge is 0.326 e. The highest BCUT2D eigenvalue weighted by Crippen LogP contribution is 2.01. The van der Waals surface area contributed by atoms with Gasteiger partial charge in [-0.25, -0.2) is 9.78 Å². The summed E-state index contributed by atoms with van der Waals surface area (Å²) in [5.41, 5.74) is 6.08. The van der Waals surface area contributed by atoms with Crippen molar-refractivity contribution in [2.45, 2.75) is 50.4 Å². The number of aromatic nitrogens is 2. The monoisotopic (exact) mass is 458 g/mol. The third-order valence-electron chi connectivity index (χ3n) is 4.17. The largest absolute Gasteiger partial charge is 0.481 e. The lowest BCUT2D eigenvalue weighted by Gasteiger charge is -2.22. The van der Waals surface area contributed by atoms with Crippen LogP contribution >= 0.6 is 12.6 Å². The van der Waals surface area contributed by atoms with E-state index in [1.807, 2.05) is 0 Å². The van der Waals surface area contributed by atoms with Crippen LogP contribution < -0.4 is 21.7 Å². The van der Waals surface area contributed by atoms with E-state index in [0.717, 1.165) is 0 Å². The molecule has 0 aromatic carbocycles. The van der Waals surface area contributed by atoms with Gasteiger partial charge in [0.05, 0.1) is 12.4 Å². The Labute approximate surface area is 183 Å². The van der Waals surface area contributed by atoms with Crippen LogP contribution in [0.15, 0.2) is 12.5 Å². The van der Waals surface area contributed by atoms with Gasteiger partial charge in [-0.3, -0.25) is 19.2 Å². The van der Waals surface area contributed by atoms with Crippen LogP contribution in [-0.4, -0.2) is 79.8 Å². The molecule has 1 rings (SSSR count). The lowest BCUT2D eigenvalue weighted by molar-refractivity contribution is -0.142. The second-order valence-corrected chi connectivity index (χ2v) is 7.06. The Bertz CT molecular complexity index is 788. The topological polar surface area (TPSA) is 217 Å². The predicted octanol–water partition coefficient (Wildman–Crippen LogP) is -2.37. The lowest BCUT2D eigenvalue weighted by Crippen LogP contribution is -2.57. The van der Waals surface area contributed by atoms with E-state index in [4.69, 9.17) is 10.8 Å². The molecule has 0 spiro atoms. The Morgan fingerprint density at radius 1 is 1.10 bits per heavy atom. The van der Waals surface area contributed by atoms with E-state index in [1.54, 1.807) is 0 Å². The van der Waals surface area contributed by atoms with Gasteiger partial charge in [-0.1, -0.05) is 0 Å². The number of aliphatic carboxylic acids is 2. The van der Waals surface area contributed by atoms with Crippen molar-refractivity contribution in [1.82, 2.24) is 25.9 Å². The molecule has 0 radical (unpaired) electrons. The van der Waals surface area contributed by atoms with Crippen LogP contribution in [0.1, 0.15) is 25.5 Å². The van der Waals surface area contributed by atoms with Crippen molar-refractivity contribution in [3.8, 4) is 0 Å². The molecular weight excluding hydrogens is 432 g/mol. The maximum absolute atomic E-state index is 12.4. The fourth-order valence-corrected chi connectivity index (χ4v) is 2.63. The van der Waals surface area contributed by atoms with Gasteiger partial charge in [0.2, 0.25) is 17.7 Å². The number of nitrogens with two attached hydrogens (primary N) is 1. The van der Waals surface area contributed by atoms with Crippen molar-refractivity contribution in [3.63, 3.8) is 0 Å². The lowest BCUT2D eigenvalue weighted by atomic mass is 10.1. The van der Waals surface area contributed by atoms with E-state index in [1.165, 1.54) is 19.4 Å². The van der Waals surface area contributed by atoms with Crippen molar-refractivity contribution >= 4 is 42.3 Å². The van der Waals surface area contributed by atoms with E-state index in [9.17, 15) is 29.1 Å². The Balaban J connectivity index is 2.63. The number of nitrogens with zero attached hydrogens (tertiary/aromatic N) is 1. The zero-order valence-corrected chi connectivity index (χ0v) is 17.6. The first-order valence-corrected chi connectivity index (χ1v) is 9.87. The van der Waals surface area contributed by atoms with E-state index in [2.05, 4.69) is 38.5 Å². The molecule has 3 amide bonds. The van der Waals surface area contributed by atoms with Crippen LogP contribution in [-0.2, 0) is 30.4 Å². The number of carbonyl (C=O) groups is 5. The molecule has 8 N–H and O–H groups in total. The molecule has 0 bridgehead atoms.